The van der Waals surface area contributed by atoms with Gasteiger partial charge in [-0.1, -0.05) is 0 Å². The Bertz CT molecular complexity index is 641. The minimum atomic E-state index is -0.128. The number of nitrogens with one attached hydrogen (secondary N) is 1. The van der Waals surface area contributed by atoms with Gasteiger partial charge in [-0.25, -0.2) is 0 Å². The molecule has 2 atom stereocenters. The first-order valence-electron chi connectivity index (χ1n) is 9.84. The van der Waals surface area contributed by atoms with Gasteiger partial charge in [-0.05, 0) is 24.8 Å². The van der Waals surface area contributed by atoms with Gasteiger partial charge in [0.2, 0.25) is 11.8 Å². The second-order valence-corrected chi connectivity index (χ2v) is 7.61. The number of aryl methyl sites for hydroxylation is 2. The zero-order valence-corrected chi connectivity index (χ0v) is 16.4. The second-order valence-electron chi connectivity index (χ2n) is 7.61. The molecule has 1 N–H and O–H groups in total. The summed E-state index contributed by atoms with van der Waals surface area (Å²) in [6.07, 6.45) is 6.33. The zero-order chi connectivity index (χ0) is 19.2. The van der Waals surface area contributed by atoms with E-state index in [0.29, 0.717) is 52.4 Å². The highest BCUT2D eigenvalue weighted by atomic mass is 16.5. The van der Waals surface area contributed by atoms with E-state index in [0.717, 1.165) is 12.8 Å². The van der Waals surface area contributed by atoms with E-state index in [1.54, 1.807) is 4.68 Å². The van der Waals surface area contributed by atoms with Crippen molar-refractivity contribution in [1.82, 2.24) is 24.9 Å². The maximum atomic E-state index is 12.8. The van der Waals surface area contributed by atoms with Crippen LogP contribution < -0.4 is 5.32 Å². The van der Waals surface area contributed by atoms with Crippen LogP contribution in [0.5, 0.6) is 0 Å². The molecule has 0 radical (unpaired) electrons. The van der Waals surface area contributed by atoms with Gasteiger partial charge in [0.25, 0.3) is 0 Å². The summed E-state index contributed by atoms with van der Waals surface area (Å²) in [5.41, 5.74) is 1.19. The molecule has 2 aliphatic rings. The molecular weight excluding hydrogens is 346 g/mol. The largest absolute Gasteiger partial charge is 0.378 e. The number of amides is 2. The first-order chi connectivity index (χ1) is 13.0. The van der Waals surface area contributed by atoms with Crippen molar-refractivity contribution in [2.24, 2.45) is 18.9 Å². The SMILES string of the molecule is CN(CCCc1cnn(C)c1)C(=O)[C@@H]1CNC[C@@H](C(=O)N2CCOCC2)C1. The van der Waals surface area contributed by atoms with Gasteiger partial charge in [0.1, 0.15) is 0 Å². The highest BCUT2D eigenvalue weighted by Gasteiger charge is 2.34. The van der Waals surface area contributed by atoms with Crippen LogP contribution in [0.15, 0.2) is 12.4 Å². The molecule has 2 fully saturated rings. The predicted octanol–water partition coefficient (Wildman–Crippen LogP) is -0.104. The Morgan fingerprint density at radius 2 is 2.04 bits per heavy atom. The normalized spacial score (nSPS) is 23.3. The number of hydrogen-bond donors (Lipinski definition) is 1. The van der Waals surface area contributed by atoms with E-state index in [4.69, 9.17) is 4.74 Å². The topological polar surface area (TPSA) is 79.7 Å². The van der Waals surface area contributed by atoms with Crippen molar-refractivity contribution in [1.29, 1.82) is 0 Å². The number of rotatable bonds is 6. The summed E-state index contributed by atoms with van der Waals surface area (Å²) in [6, 6.07) is 0. The molecule has 0 aromatic carbocycles. The van der Waals surface area contributed by atoms with E-state index >= 15 is 0 Å². The molecule has 0 bridgehead atoms. The number of hydrogen-bond acceptors (Lipinski definition) is 5. The predicted molar refractivity (Wildman–Crippen MR) is 101 cm³/mol. The third-order valence-corrected chi connectivity index (χ3v) is 5.47. The van der Waals surface area contributed by atoms with Crippen molar-refractivity contribution >= 4 is 11.8 Å². The van der Waals surface area contributed by atoms with Crippen LogP contribution in [-0.2, 0) is 27.8 Å². The fraction of sp³-hybridized carbons (Fsp3) is 0.737. The molecule has 0 spiro atoms. The number of carbonyl (C=O) groups is 2. The number of ether oxygens (including phenoxy) is 1. The van der Waals surface area contributed by atoms with Gasteiger partial charge in [0, 0.05) is 53.0 Å². The highest BCUT2D eigenvalue weighted by Crippen LogP contribution is 2.21. The number of piperidine rings is 1. The van der Waals surface area contributed by atoms with Crippen LogP contribution in [-0.4, -0.2) is 84.4 Å². The highest BCUT2D eigenvalue weighted by molar-refractivity contribution is 5.83. The van der Waals surface area contributed by atoms with Crippen LogP contribution >= 0.6 is 0 Å². The molecule has 0 unspecified atom stereocenters. The van der Waals surface area contributed by atoms with E-state index < -0.39 is 0 Å². The Labute approximate surface area is 160 Å². The zero-order valence-electron chi connectivity index (χ0n) is 16.4. The number of nitrogens with zero attached hydrogens (tertiary/aromatic N) is 4. The third-order valence-electron chi connectivity index (χ3n) is 5.47. The Morgan fingerprint density at radius 3 is 2.74 bits per heavy atom. The van der Waals surface area contributed by atoms with Gasteiger partial charge in [-0.15, -0.1) is 0 Å². The van der Waals surface area contributed by atoms with Crippen molar-refractivity contribution in [3.05, 3.63) is 18.0 Å². The summed E-state index contributed by atoms with van der Waals surface area (Å²) in [6.45, 7) is 4.54. The maximum Gasteiger partial charge on any atom is 0.227 e. The molecule has 150 valence electrons. The summed E-state index contributed by atoms with van der Waals surface area (Å²) < 4.78 is 7.12. The van der Waals surface area contributed by atoms with Gasteiger partial charge in [0.05, 0.1) is 31.2 Å². The Hall–Kier alpha value is -1.93. The maximum absolute atomic E-state index is 12.8. The van der Waals surface area contributed by atoms with E-state index in [1.807, 2.05) is 36.3 Å². The lowest BCUT2D eigenvalue weighted by molar-refractivity contribution is -0.142. The Balaban J connectivity index is 1.46. The fourth-order valence-electron chi connectivity index (χ4n) is 3.90. The van der Waals surface area contributed by atoms with Crippen LogP contribution in [0.1, 0.15) is 18.4 Å². The number of aromatic nitrogens is 2. The Kier molecular flexibility index (Phi) is 6.84. The van der Waals surface area contributed by atoms with Crippen LogP contribution in [0.3, 0.4) is 0 Å². The molecule has 8 heteroatoms. The van der Waals surface area contributed by atoms with Gasteiger partial charge >= 0.3 is 0 Å². The summed E-state index contributed by atoms with van der Waals surface area (Å²) in [4.78, 5) is 29.2. The van der Waals surface area contributed by atoms with E-state index in [-0.39, 0.29) is 23.7 Å². The van der Waals surface area contributed by atoms with Crippen molar-refractivity contribution < 1.29 is 14.3 Å². The molecule has 1 aromatic rings. The molecule has 2 aliphatic heterocycles. The lowest BCUT2D eigenvalue weighted by Crippen LogP contribution is -2.51. The molecule has 0 saturated carbocycles. The quantitative estimate of drug-likeness (QED) is 0.749. The van der Waals surface area contributed by atoms with E-state index in [2.05, 4.69) is 10.4 Å². The van der Waals surface area contributed by atoms with Crippen molar-refractivity contribution in [3.63, 3.8) is 0 Å². The summed E-state index contributed by atoms with van der Waals surface area (Å²) >= 11 is 0. The molecule has 1 aromatic heterocycles. The molecule has 27 heavy (non-hydrogen) atoms. The van der Waals surface area contributed by atoms with Crippen molar-refractivity contribution in [2.75, 3.05) is 53.0 Å². The molecule has 2 saturated heterocycles. The summed E-state index contributed by atoms with van der Waals surface area (Å²) in [5, 5.41) is 7.46. The van der Waals surface area contributed by atoms with Gasteiger partial charge < -0.3 is 19.9 Å². The number of morpholine rings is 1. The molecule has 8 nitrogen and oxygen atoms in total. The summed E-state index contributed by atoms with van der Waals surface area (Å²) in [7, 11) is 3.77. The molecule has 0 aliphatic carbocycles. The minimum absolute atomic E-state index is 0.116. The van der Waals surface area contributed by atoms with Gasteiger partial charge in [-0.2, -0.15) is 5.10 Å². The first kappa shape index (κ1) is 19.8. The Morgan fingerprint density at radius 1 is 1.30 bits per heavy atom. The van der Waals surface area contributed by atoms with Crippen LogP contribution in [0.25, 0.3) is 0 Å². The van der Waals surface area contributed by atoms with Crippen LogP contribution in [0.2, 0.25) is 0 Å². The molecule has 3 rings (SSSR count). The van der Waals surface area contributed by atoms with E-state index in [9.17, 15) is 9.59 Å². The smallest absolute Gasteiger partial charge is 0.227 e. The molecule has 2 amide bonds. The van der Waals surface area contributed by atoms with Crippen LogP contribution in [0, 0.1) is 11.8 Å². The lowest BCUT2D eigenvalue weighted by atomic mass is 9.88. The molecule has 3 heterocycles. The minimum Gasteiger partial charge on any atom is -0.378 e. The standard InChI is InChI=1S/C19H31N5O3/c1-22(5-3-4-15-11-21-23(2)14-15)18(25)16-10-17(13-20-12-16)19(26)24-6-8-27-9-7-24/h11,14,16-17,20H,3-10,12-13H2,1-2H3/t16-,17-/m0/s1. The fourth-order valence-corrected chi connectivity index (χ4v) is 3.90. The van der Waals surface area contributed by atoms with Crippen molar-refractivity contribution in [2.45, 2.75) is 19.3 Å². The molecular formula is C19H31N5O3. The lowest BCUT2D eigenvalue weighted by Gasteiger charge is -2.35. The van der Waals surface area contributed by atoms with E-state index in [1.165, 1.54) is 5.56 Å². The first-order valence-corrected chi connectivity index (χ1v) is 9.84. The van der Waals surface area contributed by atoms with Gasteiger partial charge in [-0.3, -0.25) is 14.3 Å². The summed E-state index contributed by atoms with van der Waals surface area (Å²) in [5.74, 6) is 0.0439. The second kappa shape index (κ2) is 9.32. The van der Waals surface area contributed by atoms with Gasteiger partial charge in [0.15, 0.2) is 0 Å². The monoisotopic (exact) mass is 377 g/mol. The number of carbonyl (C=O) groups excluding carboxylic acids is 2. The third kappa shape index (κ3) is 5.29. The van der Waals surface area contributed by atoms with Crippen molar-refractivity contribution in [3.8, 4) is 0 Å². The van der Waals surface area contributed by atoms with Crippen LogP contribution in [0.4, 0.5) is 0 Å². The average molecular weight is 377 g/mol. The average Bonchev–Trinajstić information content (AvgIpc) is 3.12.